The second kappa shape index (κ2) is 9.97. The largest absolute Gasteiger partial charge is 0.351 e. The first-order valence-electron chi connectivity index (χ1n) is 8.89. The Morgan fingerprint density at radius 2 is 1.73 bits per heavy atom. The number of hydrogen-bond donors (Lipinski definition) is 1. The maximum absolute atomic E-state index is 12.7. The summed E-state index contributed by atoms with van der Waals surface area (Å²) in [5.41, 5.74) is 1.52. The molecule has 26 heavy (non-hydrogen) atoms. The highest BCUT2D eigenvalue weighted by Crippen LogP contribution is 2.15. The van der Waals surface area contributed by atoms with Crippen molar-refractivity contribution in [3.05, 3.63) is 70.7 Å². The maximum Gasteiger partial charge on any atom is 0.252 e. The van der Waals surface area contributed by atoms with Crippen molar-refractivity contribution in [2.24, 2.45) is 0 Å². The van der Waals surface area contributed by atoms with Crippen LogP contribution in [-0.4, -0.2) is 29.3 Å². The number of benzene rings is 2. The van der Waals surface area contributed by atoms with Crippen LogP contribution in [0.1, 0.15) is 42.6 Å². The molecule has 0 bridgehead atoms. The van der Waals surface area contributed by atoms with E-state index in [0.29, 0.717) is 17.1 Å². The molecule has 0 aliphatic carbocycles. The van der Waals surface area contributed by atoms with E-state index in [2.05, 4.69) is 12.2 Å². The summed E-state index contributed by atoms with van der Waals surface area (Å²) in [6.45, 7) is 4.97. The third-order valence-corrected chi connectivity index (χ3v) is 4.71. The summed E-state index contributed by atoms with van der Waals surface area (Å²) >= 11 is 6.03. The molecule has 0 aliphatic rings. The Labute approximate surface area is 160 Å². The molecule has 2 amide bonds. The summed E-state index contributed by atoms with van der Waals surface area (Å²) < 4.78 is 0. The van der Waals surface area contributed by atoms with Gasteiger partial charge in [0.2, 0.25) is 5.91 Å². The van der Waals surface area contributed by atoms with Crippen molar-refractivity contribution in [3.63, 3.8) is 0 Å². The molecule has 0 saturated carbocycles. The highest BCUT2D eigenvalue weighted by Gasteiger charge is 2.19. The van der Waals surface area contributed by atoms with E-state index in [1.54, 1.807) is 24.3 Å². The molecule has 2 rings (SSSR count). The molecule has 0 fully saturated rings. The van der Waals surface area contributed by atoms with Crippen molar-refractivity contribution in [1.29, 1.82) is 0 Å². The van der Waals surface area contributed by atoms with E-state index in [-0.39, 0.29) is 30.8 Å². The van der Waals surface area contributed by atoms with Crippen molar-refractivity contribution in [1.82, 2.24) is 10.2 Å². The van der Waals surface area contributed by atoms with Gasteiger partial charge in [-0.25, -0.2) is 0 Å². The van der Waals surface area contributed by atoms with Crippen LogP contribution in [0.4, 0.5) is 0 Å². The molecule has 0 saturated heterocycles. The summed E-state index contributed by atoms with van der Waals surface area (Å²) in [6.07, 6.45) is 1.14. The third kappa shape index (κ3) is 5.60. The number of amides is 2. The first-order chi connectivity index (χ1) is 12.5. The summed E-state index contributed by atoms with van der Waals surface area (Å²) in [5, 5.41) is 3.18. The summed E-state index contributed by atoms with van der Waals surface area (Å²) in [6, 6.07) is 16.9. The zero-order valence-electron chi connectivity index (χ0n) is 15.2. The van der Waals surface area contributed by atoms with Crippen molar-refractivity contribution in [2.75, 3.05) is 6.54 Å². The smallest absolute Gasteiger partial charge is 0.252 e. The van der Waals surface area contributed by atoms with Gasteiger partial charge in [0.05, 0.1) is 10.6 Å². The number of carbonyl (C=O) groups excluding carboxylic acids is 2. The number of rotatable bonds is 8. The van der Waals surface area contributed by atoms with Crippen LogP contribution < -0.4 is 5.32 Å². The average Bonchev–Trinajstić information content (AvgIpc) is 2.66. The van der Waals surface area contributed by atoms with E-state index in [9.17, 15) is 9.59 Å². The molecule has 5 heteroatoms. The Morgan fingerprint density at radius 1 is 1.08 bits per heavy atom. The lowest BCUT2D eigenvalue weighted by atomic mass is 10.1. The molecule has 0 heterocycles. The van der Waals surface area contributed by atoms with Crippen LogP contribution in [0.3, 0.4) is 0 Å². The minimum Gasteiger partial charge on any atom is -0.351 e. The number of carbonyl (C=O) groups is 2. The third-order valence-electron chi connectivity index (χ3n) is 4.38. The monoisotopic (exact) mass is 372 g/mol. The van der Waals surface area contributed by atoms with Gasteiger partial charge in [0.25, 0.3) is 5.91 Å². The quantitative estimate of drug-likeness (QED) is 0.751. The Balaban J connectivity index is 1.92. The maximum atomic E-state index is 12.7. The molecular formula is C21H25ClN2O2. The lowest BCUT2D eigenvalue weighted by Crippen LogP contribution is -2.39. The van der Waals surface area contributed by atoms with Crippen LogP contribution in [0.5, 0.6) is 0 Å². The standard InChI is InChI=1S/C21H25ClN2O2/c1-3-16(2)24(15-17-9-5-4-6-10-17)20(25)13-14-23-21(26)18-11-7-8-12-19(18)22/h4-12,16H,3,13-15H2,1-2H3,(H,23,26). The molecule has 0 aliphatic heterocycles. The van der Waals surface area contributed by atoms with Crippen LogP contribution in [-0.2, 0) is 11.3 Å². The molecule has 1 atom stereocenters. The van der Waals surface area contributed by atoms with Crippen LogP contribution >= 0.6 is 11.6 Å². The molecule has 4 nitrogen and oxygen atoms in total. The zero-order valence-corrected chi connectivity index (χ0v) is 16.0. The minimum absolute atomic E-state index is 0.0302. The highest BCUT2D eigenvalue weighted by molar-refractivity contribution is 6.33. The lowest BCUT2D eigenvalue weighted by Gasteiger charge is -2.29. The van der Waals surface area contributed by atoms with E-state index in [1.165, 1.54) is 0 Å². The normalized spacial score (nSPS) is 11.7. The van der Waals surface area contributed by atoms with Crippen LogP contribution in [0, 0.1) is 0 Å². The van der Waals surface area contributed by atoms with Gasteiger partial charge in [-0.15, -0.1) is 0 Å². The highest BCUT2D eigenvalue weighted by atomic mass is 35.5. The van der Waals surface area contributed by atoms with Gasteiger partial charge in [-0.05, 0) is 31.0 Å². The van der Waals surface area contributed by atoms with Crippen LogP contribution in [0.15, 0.2) is 54.6 Å². The van der Waals surface area contributed by atoms with Gasteiger partial charge in [-0.2, -0.15) is 0 Å². The fraction of sp³-hybridized carbons (Fsp3) is 0.333. The second-order valence-corrected chi connectivity index (χ2v) is 6.66. The second-order valence-electron chi connectivity index (χ2n) is 6.25. The van der Waals surface area contributed by atoms with Gasteiger partial charge in [0.15, 0.2) is 0 Å². The first-order valence-corrected chi connectivity index (χ1v) is 9.26. The van der Waals surface area contributed by atoms with Crippen molar-refractivity contribution in [3.8, 4) is 0 Å². The SMILES string of the molecule is CCC(C)N(Cc1ccccc1)C(=O)CCNC(=O)c1ccccc1Cl. The van der Waals surface area contributed by atoms with Gasteiger partial charge in [0.1, 0.15) is 0 Å². The summed E-state index contributed by atoms with van der Waals surface area (Å²) in [5.74, 6) is -0.232. The fourth-order valence-corrected chi connectivity index (χ4v) is 2.88. The van der Waals surface area contributed by atoms with E-state index in [1.807, 2.05) is 42.2 Å². The molecule has 1 N–H and O–H groups in total. The molecule has 0 radical (unpaired) electrons. The van der Waals surface area contributed by atoms with Gasteiger partial charge in [-0.3, -0.25) is 9.59 Å². The summed E-state index contributed by atoms with van der Waals surface area (Å²) in [7, 11) is 0. The topological polar surface area (TPSA) is 49.4 Å². The van der Waals surface area contributed by atoms with E-state index >= 15 is 0 Å². The van der Waals surface area contributed by atoms with Gasteiger partial charge in [-0.1, -0.05) is 61.0 Å². The van der Waals surface area contributed by atoms with Crippen LogP contribution in [0.25, 0.3) is 0 Å². The average molecular weight is 373 g/mol. The molecule has 2 aromatic rings. The Morgan fingerprint density at radius 3 is 2.38 bits per heavy atom. The van der Waals surface area contributed by atoms with E-state index in [0.717, 1.165) is 12.0 Å². The molecule has 2 aromatic carbocycles. The number of halogens is 1. The molecule has 1 unspecified atom stereocenters. The van der Waals surface area contributed by atoms with Crippen molar-refractivity contribution in [2.45, 2.75) is 39.3 Å². The predicted molar refractivity (Wildman–Crippen MR) is 105 cm³/mol. The molecule has 138 valence electrons. The minimum atomic E-state index is -0.262. The Kier molecular flexibility index (Phi) is 7.67. The fourth-order valence-electron chi connectivity index (χ4n) is 2.66. The molecule has 0 spiro atoms. The number of nitrogens with one attached hydrogen (secondary N) is 1. The number of hydrogen-bond acceptors (Lipinski definition) is 2. The van der Waals surface area contributed by atoms with E-state index < -0.39 is 0 Å². The molecule has 0 aromatic heterocycles. The predicted octanol–water partition coefficient (Wildman–Crippen LogP) is 4.29. The molecular weight excluding hydrogens is 348 g/mol. The Bertz CT molecular complexity index is 734. The van der Waals surface area contributed by atoms with Crippen molar-refractivity contribution >= 4 is 23.4 Å². The van der Waals surface area contributed by atoms with Crippen molar-refractivity contribution < 1.29 is 9.59 Å². The Hall–Kier alpha value is -2.33. The first kappa shape index (κ1) is 20.0. The van der Waals surface area contributed by atoms with Crippen LogP contribution in [0.2, 0.25) is 5.02 Å². The van der Waals surface area contributed by atoms with E-state index in [4.69, 9.17) is 11.6 Å². The van der Waals surface area contributed by atoms with Gasteiger partial charge in [0, 0.05) is 25.6 Å². The zero-order chi connectivity index (χ0) is 18.9. The number of nitrogens with zero attached hydrogens (tertiary/aromatic N) is 1. The summed E-state index contributed by atoms with van der Waals surface area (Å²) in [4.78, 5) is 26.7. The lowest BCUT2D eigenvalue weighted by molar-refractivity contribution is -0.133. The van der Waals surface area contributed by atoms with Gasteiger partial charge < -0.3 is 10.2 Å². The van der Waals surface area contributed by atoms with Gasteiger partial charge >= 0.3 is 0 Å².